The monoisotopic (exact) mass is 494 g/mol. The van der Waals surface area contributed by atoms with E-state index in [1.165, 1.54) is 5.56 Å². The minimum atomic E-state index is -0.305. The number of carbonyl (C=O) groups is 2. The van der Waals surface area contributed by atoms with Crippen LogP contribution in [0.25, 0.3) is 0 Å². The summed E-state index contributed by atoms with van der Waals surface area (Å²) in [5.41, 5.74) is 3.23. The Kier molecular flexibility index (Phi) is 6.98. The Morgan fingerprint density at radius 3 is 2.49 bits per heavy atom. The van der Waals surface area contributed by atoms with Crippen molar-refractivity contribution in [3.63, 3.8) is 0 Å². The molecule has 0 bridgehead atoms. The number of nitrogens with one attached hydrogen (secondary N) is 1. The van der Waals surface area contributed by atoms with Crippen LogP contribution in [0, 0.1) is 12.3 Å². The van der Waals surface area contributed by atoms with Crippen LogP contribution in [0.2, 0.25) is 0 Å². The molecule has 1 saturated heterocycles. The van der Waals surface area contributed by atoms with Crippen LogP contribution in [0.15, 0.2) is 78.9 Å². The molecule has 188 valence electrons. The highest BCUT2D eigenvalue weighted by Gasteiger charge is 2.54. The number of hydrogen-bond acceptors (Lipinski definition) is 4. The molecule has 2 amide bonds. The molecule has 1 aliphatic heterocycles. The fraction of sp³-hybridized carbons (Fsp3) is 0.290. The molecule has 3 aromatic rings. The Morgan fingerprint density at radius 2 is 1.76 bits per heavy atom. The van der Waals surface area contributed by atoms with Crippen LogP contribution < -0.4 is 10.1 Å². The Balaban J connectivity index is 1.32. The predicted octanol–water partition coefficient (Wildman–Crippen LogP) is 4.11. The highest BCUT2D eigenvalue weighted by atomic mass is 16.5. The molecule has 5 rings (SSSR count). The molecule has 2 aliphatic rings. The van der Waals surface area contributed by atoms with Gasteiger partial charge in [-0.25, -0.2) is 0 Å². The predicted molar refractivity (Wildman–Crippen MR) is 141 cm³/mol. The van der Waals surface area contributed by atoms with Crippen LogP contribution >= 0.6 is 0 Å². The smallest absolute Gasteiger partial charge is 0.258 e. The lowest BCUT2D eigenvalue weighted by atomic mass is 9.71. The number of piperidine rings is 1. The van der Waals surface area contributed by atoms with Gasteiger partial charge in [-0.2, -0.15) is 0 Å². The van der Waals surface area contributed by atoms with Gasteiger partial charge in [0.15, 0.2) is 6.61 Å². The maximum absolute atomic E-state index is 13.2. The Labute approximate surface area is 217 Å². The summed E-state index contributed by atoms with van der Waals surface area (Å²) in [6.45, 7) is 1.10. The van der Waals surface area contributed by atoms with E-state index in [1.807, 2.05) is 59.5 Å². The number of ether oxygens (including phenoxy) is 2. The van der Waals surface area contributed by atoms with Crippen LogP contribution in [0.1, 0.15) is 45.9 Å². The maximum Gasteiger partial charge on any atom is 0.258 e. The third kappa shape index (κ3) is 4.71. The van der Waals surface area contributed by atoms with E-state index >= 15 is 0 Å². The lowest BCUT2D eigenvalue weighted by Crippen LogP contribution is -2.52. The van der Waals surface area contributed by atoms with Crippen LogP contribution in [-0.2, 0) is 14.9 Å². The van der Waals surface area contributed by atoms with Gasteiger partial charge in [0.25, 0.3) is 11.8 Å². The van der Waals surface area contributed by atoms with Gasteiger partial charge in [0.05, 0.1) is 12.1 Å². The van der Waals surface area contributed by atoms with Crippen molar-refractivity contribution in [2.24, 2.45) is 0 Å². The molecule has 6 nitrogen and oxygen atoms in total. The van der Waals surface area contributed by atoms with Gasteiger partial charge in [-0.3, -0.25) is 9.59 Å². The standard InChI is InChI=1S/C31H30N2O4/c1-3-22-10-9-11-23(20-22)30(35)33-18-16-31(17-19-33)26-15-8-7-14-25(26)28(29(31)36-2)32-27(34)21-37-24-12-5-4-6-13-24/h1,4-15,20,28-29H,16-19,21H2,2H3,(H,32,34)/t28-,29+/m1/s1. The first-order valence-corrected chi connectivity index (χ1v) is 12.5. The molecule has 2 atom stereocenters. The molecule has 6 heteroatoms. The molecular weight excluding hydrogens is 464 g/mol. The number of fused-ring (bicyclic) bond motifs is 2. The Bertz CT molecular complexity index is 1320. The highest BCUT2D eigenvalue weighted by molar-refractivity contribution is 5.94. The second-order valence-corrected chi connectivity index (χ2v) is 9.56. The Morgan fingerprint density at radius 1 is 1.03 bits per heavy atom. The largest absolute Gasteiger partial charge is 0.484 e. The second kappa shape index (κ2) is 10.5. The molecule has 0 radical (unpaired) electrons. The summed E-state index contributed by atoms with van der Waals surface area (Å²) in [6, 6.07) is 24.4. The van der Waals surface area contributed by atoms with E-state index in [-0.39, 0.29) is 36.0 Å². The van der Waals surface area contributed by atoms with E-state index in [0.29, 0.717) is 30.0 Å². The van der Waals surface area contributed by atoms with E-state index in [2.05, 4.69) is 23.4 Å². The summed E-state index contributed by atoms with van der Waals surface area (Å²) in [5.74, 6) is 3.02. The van der Waals surface area contributed by atoms with Crippen LogP contribution in [-0.4, -0.2) is 49.6 Å². The SMILES string of the molecule is C#Cc1cccc(C(=O)N2CCC3(CC2)c2ccccc2[C@@H](NC(=O)COc2ccccc2)[C@@H]3OC)c1. The Hall–Kier alpha value is -4.08. The second-order valence-electron chi connectivity index (χ2n) is 9.56. The number of hydrogen-bond donors (Lipinski definition) is 1. The van der Waals surface area contributed by atoms with Gasteiger partial charge < -0.3 is 19.7 Å². The third-order valence-corrected chi connectivity index (χ3v) is 7.58. The molecule has 0 aromatic heterocycles. The van der Waals surface area contributed by atoms with E-state index in [9.17, 15) is 9.59 Å². The molecular formula is C31H30N2O4. The van der Waals surface area contributed by atoms with Crippen LogP contribution in [0.4, 0.5) is 0 Å². The van der Waals surface area contributed by atoms with Crippen molar-refractivity contribution in [2.45, 2.75) is 30.4 Å². The highest BCUT2D eigenvalue weighted by Crippen LogP contribution is 2.52. The third-order valence-electron chi connectivity index (χ3n) is 7.58. The maximum atomic E-state index is 13.2. The molecule has 1 spiro atoms. The van der Waals surface area contributed by atoms with E-state index in [1.54, 1.807) is 19.2 Å². The van der Waals surface area contributed by atoms with Gasteiger partial charge in [0.2, 0.25) is 0 Å². The fourth-order valence-corrected chi connectivity index (χ4v) is 5.84. The summed E-state index contributed by atoms with van der Waals surface area (Å²) in [7, 11) is 1.70. The van der Waals surface area contributed by atoms with Crippen molar-refractivity contribution < 1.29 is 19.1 Å². The van der Waals surface area contributed by atoms with Gasteiger partial charge in [-0.15, -0.1) is 6.42 Å². The number of likely N-dealkylation sites (tertiary alicyclic amines) is 1. The van der Waals surface area contributed by atoms with Gasteiger partial charge in [-0.1, -0.05) is 54.5 Å². The summed E-state index contributed by atoms with van der Waals surface area (Å²) in [5, 5.41) is 3.16. The van der Waals surface area contributed by atoms with Crippen molar-refractivity contribution in [2.75, 3.05) is 26.8 Å². The van der Waals surface area contributed by atoms with Crippen molar-refractivity contribution in [3.05, 3.63) is 101 Å². The number of methoxy groups -OCH3 is 1. The fourth-order valence-electron chi connectivity index (χ4n) is 5.84. The van der Waals surface area contributed by atoms with Gasteiger partial charge in [0.1, 0.15) is 5.75 Å². The molecule has 1 fully saturated rings. The van der Waals surface area contributed by atoms with Gasteiger partial charge >= 0.3 is 0 Å². The minimum Gasteiger partial charge on any atom is -0.484 e. The molecule has 0 saturated carbocycles. The average molecular weight is 495 g/mol. The molecule has 1 N–H and O–H groups in total. The summed E-state index contributed by atoms with van der Waals surface area (Å²) in [6.07, 6.45) is 6.73. The van der Waals surface area contributed by atoms with Crippen molar-refractivity contribution >= 4 is 11.8 Å². The number of para-hydroxylation sites is 1. The van der Waals surface area contributed by atoms with Gasteiger partial charge in [0, 0.05) is 36.7 Å². The topological polar surface area (TPSA) is 67.9 Å². The number of amides is 2. The molecule has 0 unspecified atom stereocenters. The van der Waals surface area contributed by atoms with Crippen LogP contribution in [0.5, 0.6) is 5.75 Å². The number of terminal acetylenes is 1. The minimum absolute atomic E-state index is 0.0184. The number of benzene rings is 3. The summed E-state index contributed by atoms with van der Waals surface area (Å²) >= 11 is 0. The zero-order chi connectivity index (χ0) is 25.8. The first-order valence-electron chi connectivity index (χ1n) is 12.5. The van der Waals surface area contributed by atoms with Gasteiger partial charge in [-0.05, 0) is 54.3 Å². The number of rotatable bonds is 6. The van der Waals surface area contributed by atoms with Crippen molar-refractivity contribution in [3.8, 4) is 18.1 Å². The first-order chi connectivity index (χ1) is 18.1. The van der Waals surface area contributed by atoms with E-state index < -0.39 is 0 Å². The molecule has 37 heavy (non-hydrogen) atoms. The zero-order valence-corrected chi connectivity index (χ0v) is 20.9. The average Bonchev–Trinajstić information content (AvgIpc) is 3.20. The normalized spacial score (nSPS) is 19.6. The lowest BCUT2D eigenvalue weighted by Gasteiger charge is -2.44. The molecule has 3 aromatic carbocycles. The van der Waals surface area contributed by atoms with Crippen molar-refractivity contribution in [1.29, 1.82) is 0 Å². The first kappa shape index (κ1) is 24.6. The lowest BCUT2D eigenvalue weighted by molar-refractivity contribution is -0.125. The summed E-state index contributed by atoms with van der Waals surface area (Å²) < 4.78 is 11.8. The van der Waals surface area contributed by atoms with Crippen molar-refractivity contribution in [1.82, 2.24) is 10.2 Å². The van der Waals surface area contributed by atoms with E-state index in [0.717, 1.165) is 18.4 Å². The molecule has 1 heterocycles. The zero-order valence-electron chi connectivity index (χ0n) is 20.9. The van der Waals surface area contributed by atoms with Crippen LogP contribution in [0.3, 0.4) is 0 Å². The molecule has 1 aliphatic carbocycles. The number of nitrogens with zero attached hydrogens (tertiary/aromatic N) is 1. The van der Waals surface area contributed by atoms with E-state index in [4.69, 9.17) is 15.9 Å². The number of carbonyl (C=O) groups excluding carboxylic acids is 2. The quantitative estimate of drug-likeness (QED) is 0.524. The summed E-state index contributed by atoms with van der Waals surface area (Å²) in [4.78, 5) is 28.0.